The first-order chi connectivity index (χ1) is 9.69. The Bertz CT molecular complexity index is 774. The third-order valence-electron chi connectivity index (χ3n) is 2.77. The van der Waals surface area contributed by atoms with E-state index < -0.39 is 5.82 Å². The Morgan fingerprint density at radius 1 is 1.30 bits per heavy atom. The summed E-state index contributed by atoms with van der Waals surface area (Å²) in [7, 11) is 1.41. The molecular weight excluding hydrogens is 279 g/mol. The number of methoxy groups -OCH3 is 1. The molecule has 3 aromatic rings. The maximum atomic E-state index is 13.5. The molecule has 0 atom stereocenters. The molecule has 0 aliphatic rings. The number of halogens is 1. The van der Waals surface area contributed by atoms with Gasteiger partial charge in [-0.3, -0.25) is 4.40 Å². The summed E-state index contributed by atoms with van der Waals surface area (Å²) in [5.41, 5.74) is 6.90. The van der Waals surface area contributed by atoms with E-state index in [1.165, 1.54) is 24.9 Å². The molecule has 20 heavy (non-hydrogen) atoms. The lowest BCUT2D eigenvalue weighted by atomic mass is 10.3. The summed E-state index contributed by atoms with van der Waals surface area (Å²) in [6.45, 7) is 0. The molecule has 0 fully saturated rings. The van der Waals surface area contributed by atoms with E-state index >= 15 is 0 Å². The predicted molar refractivity (Wildman–Crippen MR) is 74.5 cm³/mol. The zero-order chi connectivity index (χ0) is 14.1. The highest BCUT2D eigenvalue weighted by Gasteiger charge is 2.13. The monoisotopic (exact) mass is 290 g/mol. The van der Waals surface area contributed by atoms with Crippen LogP contribution in [0.25, 0.3) is 5.65 Å². The number of fused-ring (bicyclic) bond motifs is 1. The van der Waals surface area contributed by atoms with Crippen LogP contribution in [-0.2, 0) is 0 Å². The van der Waals surface area contributed by atoms with Crippen molar-refractivity contribution in [2.24, 2.45) is 0 Å². The fourth-order valence-electron chi connectivity index (χ4n) is 1.78. The van der Waals surface area contributed by atoms with E-state index in [9.17, 15) is 4.39 Å². The third kappa shape index (κ3) is 2.16. The fourth-order valence-corrected chi connectivity index (χ4v) is 2.66. The van der Waals surface area contributed by atoms with Gasteiger partial charge in [-0.2, -0.15) is 0 Å². The quantitative estimate of drug-likeness (QED) is 0.751. The van der Waals surface area contributed by atoms with Gasteiger partial charge in [0.1, 0.15) is 0 Å². The van der Waals surface area contributed by atoms with Crippen molar-refractivity contribution in [3.05, 3.63) is 42.3 Å². The number of nitrogens with zero attached hydrogens (tertiary/aromatic N) is 3. The summed E-state index contributed by atoms with van der Waals surface area (Å²) in [4.78, 5) is 0.668. The lowest BCUT2D eigenvalue weighted by molar-refractivity contribution is 0.385. The smallest absolute Gasteiger partial charge is 0.200 e. The molecule has 2 aromatic heterocycles. The van der Waals surface area contributed by atoms with E-state index in [1.54, 1.807) is 6.07 Å². The van der Waals surface area contributed by atoms with E-state index in [0.29, 0.717) is 15.7 Å². The molecule has 0 spiro atoms. The Kier molecular flexibility index (Phi) is 3.19. The van der Waals surface area contributed by atoms with Gasteiger partial charge in [-0.05, 0) is 30.0 Å². The van der Waals surface area contributed by atoms with Crippen LogP contribution in [0.3, 0.4) is 0 Å². The number of nitrogens with two attached hydrogens (primary N) is 1. The summed E-state index contributed by atoms with van der Waals surface area (Å²) in [5.74, 6) is -0.337. The van der Waals surface area contributed by atoms with Crippen molar-refractivity contribution < 1.29 is 9.13 Å². The minimum absolute atomic E-state index is 0.149. The lowest BCUT2D eigenvalue weighted by Gasteiger charge is -2.08. The number of nitrogen functional groups attached to an aromatic ring is 1. The van der Waals surface area contributed by atoms with Gasteiger partial charge in [0.05, 0.1) is 7.11 Å². The van der Waals surface area contributed by atoms with Gasteiger partial charge in [0.2, 0.25) is 5.16 Å². The van der Waals surface area contributed by atoms with Crippen molar-refractivity contribution in [2.45, 2.75) is 10.1 Å². The Labute approximate surface area is 118 Å². The molecule has 3 rings (SSSR count). The van der Waals surface area contributed by atoms with Crippen LogP contribution in [0.1, 0.15) is 0 Å². The predicted octanol–water partition coefficient (Wildman–Crippen LogP) is 2.61. The number of anilines is 1. The van der Waals surface area contributed by atoms with Crippen LogP contribution in [0.2, 0.25) is 0 Å². The van der Waals surface area contributed by atoms with Crippen molar-refractivity contribution in [3.63, 3.8) is 0 Å². The van der Waals surface area contributed by atoms with Crippen molar-refractivity contribution in [3.8, 4) is 5.75 Å². The highest BCUT2D eigenvalue weighted by molar-refractivity contribution is 7.99. The van der Waals surface area contributed by atoms with E-state index in [-0.39, 0.29) is 5.75 Å². The highest BCUT2D eigenvalue weighted by Crippen LogP contribution is 2.35. The molecule has 102 valence electrons. The molecule has 0 aliphatic heterocycles. The molecule has 0 aliphatic carbocycles. The first kappa shape index (κ1) is 12.7. The first-order valence-corrected chi connectivity index (χ1v) is 6.61. The van der Waals surface area contributed by atoms with Gasteiger partial charge in [0.25, 0.3) is 0 Å². The van der Waals surface area contributed by atoms with Gasteiger partial charge in [0.15, 0.2) is 17.2 Å². The topological polar surface area (TPSA) is 65.4 Å². The van der Waals surface area contributed by atoms with Crippen molar-refractivity contribution in [2.75, 3.05) is 12.8 Å². The normalized spacial score (nSPS) is 10.9. The maximum Gasteiger partial charge on any atom is 0.200 e. The molecule has 0 unspecified atom stereocenters. The Morgan fingerprint density at radius 3 is 2.95 bits per heavy atom. The van der Waals surface area contributed by atoms with E-state index in [1.807, 2.05) is 28.8 Å². The van der Waals surface area contributed by atoms with E-state index in [0.717, 1.165) is 5.65 Å². The van der Waals surface area contributed by atoms with Gasteiger partial charge in [-0.1, -0.05) is 6.07 Å². The van der Waals surface area contributed by atoms with Gasteiger partial charge >= 0.3 is 0 Å². The second kappa shape index (κ2) is 5.01. The molecule has 2 N–H and O–H groups in total. The summed E-state index contributed by atoms with van der Waals surface area (Å²) >= 11 is 1.31. The first-order valence-electron chi connectivity index (χ1n) is 5.79. The minimum Gasteiger partial charge on any atom is -0.494 e. The van der Waals surface area contributed by atoms with Crippen LogP contribution in [0.15, 0.2) is 46.6 Å². The molecule has 1 aromatic carbocycles. The van der Waals surface area contributed by atoms with Gasteiger partial charge in [0, 0.05) is 22.8 Å². The van der Waals surface area contributed by atoms with Crippen LogP contribution in [-0.4, -0.2) is 21.7 Å². The summed E-state index contributed by atoms with van der Waals surface area (Å²) < 4.78 is 20.3. The molecule has 0 radical (unpaired) electrons. The standard InChI is InChI=1S/C13H11FN4OS/c1-19-10-7-11(9(15)6-8(10)14)20-13-17-16-12-4-2-3-5-18(12)13/h2-7H,15H2,1H3. The van der Waals surface area contributed by atoms with Crippen molar-refractivity contribution in [1.29, 1.82) is 0 Å². The number of hydrogen-bond donors (Lipinski definition) is 1. The molecule has 5 nitrogen and oxygen atoms in total. The molecule has 0 bridgehead atoms. The van der Waals surface area contributed by atoms with Gasteiger partial charge in [-0.25, -0.2) is 4.39 Å². The highest BCUT2D eigenvalue weighted by atomic mass is 32.2. The number of rotatable bonds is 3. The molecule has 0 saturated heterocycles. The SMILES string of the molecule is COc1cc(Sc2nnc3ccccn23)c(N)cc1F. The van der Waals surface area contributed by atoms with Crippen molar-refractivity contribution in [1.82, 2.24) is 14.6 Å². The van der Waals surface area contributed by atoms with Crippen LogP contribution in [0, 0.1) is 5.82 Å². The van der Waals surface area contributed by atoms with Gasteiger partial charge in [-0.15, -0.1) is 10.2 Å². The van der Waals surface area contributed by atoms with E-state index in [2.05, 4.69) is 10.2 Å². The van der Waals surface area contributed by atoms with Crippen LogP contribution in [0.4, 0.5) is 10.1 Å². The number of aromatic nitrogens is 3. The third-order valence-corrected chi connectivity index (χ3v) is 3.80. The summed E-state index contributed by atoms with van der Waals surface area (Å²) in [5, 5.41) is 8.80. The molecule has 7 heteroatoms. The zero-order valence-electron chi connectivity index (χ0n) is 10.6. The minimum atomic E-state index is -0.486. The van der Waals surface area contributed by atoms with Crippen LogP contribution in [0.5, 0.6) is 5.75 Å². The molecule has 0 amide bonds. The largest absolute Gasteiger partial charge is 0.494 e. The maximum absolute atomic E-state index is 13.5. The zero-order valence-corrected chi connectivity index (χ0v) is 11.4. The summed E-state index contributed by atoms with van der Waals surface area (Å²) in [6, 6.07) is 8.41. The second-order valence-corrected chi connectivity index (χ2v) is 5.05. The van der Waals surface area contributed by atoms with Crippen LogP contribution >= 0.6 is 11.8 Å². The average Bonchev–Trinajstić information content (AvgIpc) is 2.85. The second-order valence-electron chi connectivity index (χ2n) is 4.04. The fraction of sp³-hybridized carbons (Fsp3) is 0.0769. The van der Waals surface area contributed by atoms with E-state index in [4.69, 9.17) is 10.5 Å². The van der Waals surface area contributed by atoms with Gasteiger partial charge < -0.3 is 10.5 Å². The summed E-state index contributed by atoms with van der Waals surface area (Å²) in [6.07, 6.45) is 1.86. The Balaban J connectivity index is 2.03. The average molecular weight is 290 g/mol. The molecule has 0 saturated carbocycles. The van der Waals surface area contributed by atoms with Crippen LogP contribution < -0.4 is 10.5 Å². The Morgan fingerprint density at radius 2 is 2.15 bits per heavy atom. The lowest BCUT2D eigenvalue weighted by Crippen LogP contribution is -1.95. The number of ether oxygens (including phenoxy) is 1. The molecule has 2 heterocycles. The number of benzene rings is 1. The molecular formula is C13H11FN4OS. The Hall–Kier alpha value is -2.28. The number of hydrogen-bond acceptors (Lipinski definition) is 5. The number of pyridine rings is 1. The van der Waals surface area contributed by atoms with Crippen molar-refractivity contribution >= 4 is 23.1 Å².